The van der Waals surface area contributed by atoms with Crippen LogP contribution in [0.3, 0.4) is 0 Å². The van der Waals surface area contributed by atoms with Gasteiger partial charge in [-0.15, -0.1) is 0 Å². The van der Waals surface area contributed by atoms with Crippen LogP contribution >= 0.6 is 0 Å². The Morgan fingerprint density at radius 3 is 2.18 bits per heavy atom. The minimum Gasteiger partial charge on any atom is -0.484 e. The molecule has 1 amide bonds. The van der Waals surface area contributed by atoms with Crippen molar-refractivity contribution in [3.05, 3.63) is 59.7 Å². The Morgan fingerprint density at radius 1 is 0.964 bits per heavy atom. The third-order valence-corrected chi connectivity index (χ3v) is 4.23. The summed E-state index contributed by atoms with van der Waals surface area (Å²) in [4.78, 5) is 23.9. The van der Waals surface area contributed by atoms with Crippen LogP contribution in [0, 0.1) is 0 Å². The number of rotatable bonds is 8. The van der Waals surface area contributed by atoms with Gasteiger partial charge < -0.3 is 14.8 Å². The molecule has 0 aliphatic rings. The molecule has 0 heterocycles. The largest absolute Gasteiger partial charge is 0.484 e. The number of carbonyl (C=O) groups is 2. The lowest BCUT2D eigenvalue weighted by Crippen LogP contribution is -2.20. The van der Waals surface area contributed by atoms with E-state index in [1.165, 1.54) is 5.56 Å². The zero-order valence-electron chi connectivity index (χ0n) is 17.1. The standard InChI is InChI=1S/C23H29NO4/c1-5-6-15-27-22(26)17-7-11-19(12-8-17)24-21(25)16-28-20-13-9-18(10-14-20)23(2,3)4/h7-14H,5-6,15-16H2,1-4H3,(H,24,25). The number of hydrogen-bond donors (Lipinski definition) is 1. The first kappa shape index (κ1) is 21.5. The van der Waals surface area contributed by atoms with Gasteiger partial charge in [-0.3, -0.25) is 4.79 Å². The molecular formula is C23H29NO4. The summed E-state index contributed by atoms with van der Waals surface area (Å²) in [5, 5.41) is 2.75. The second-order valence-corrected chi connectivity index (χ2v) is 7.68. The number of amides is 1. The molecule has 150 valence electrons. The molecule has 5 nitrogen and oxygen atoms in total. The highest BCUT2D eigenvalue weighted by Gasteiger charge is 2.13. The van der Waals surface area contributed by atoms with E-state index in [0.29, 0.717) is 23.6 Å². The van der Waals surface area contributed by atoms with Crippen molar-refractivity contribution in [3.63, 3.8) is 0 Å². The summed E-state index contributed by atoms with van der Waals surface area (Å²) in [6.07, 6.45) is 1.82. The molecule has 0 saturated carbocycles. The Kier molecular flexibility index (Phi) is 7.61. The first-order valence-electron chi connectivity index (χ1n) is 9.60. The van der Waals surface area contributed by atoms with Gasteiger partial charge >= 0.3 is 5.97 Å². The average molecular weight is 383 g/mol. The number of anilines is 1. The second-order valence-electron chi connectivity index (χ2n) is 7.68. The van der Waals surface area contributed by atoms with Gasteiger partial charge in [0.1, 0.15) is 5.75 Å². The summed E-state index contributed by atoms with van der Waals surface area (Å²) in [6, 6.07) is 14.4. The third kappa shape index (κ3) is 6.72. The molecule has 0 aromatic heterocycles. The summed E-state index contributed by atoms with van der Waals surface area (Å²) in [5.74, 6) is 0.0276. The average Bonchev–Trinajstić information content (AvgIpc) is 2.67. The highest BCUT2D eigenvalue weighted by molar-refractivity contribution is 5.93. The number of unbranched alkanes of at least 4 members (excludes halogenated alkanes) is 1. The highest BCUT2D eigenvalue weighted by Crippen LogP contribution is 2.24. The van der Waals surface area contributed by atoms with Gasteiger partial charge in [-0.2, -0.15) is 0 Å². The molecule has 0 radical (unpaired) electrons. The van der Waals surface area contributed by atoms with E-state index in [4.69, 9.17) is 9.47 Å². The fourth-order valence-electron chi connectivity index (χ4n) is 2.48. The number of hydrogen-bond acceptors (Lipinski definition) is 4. The van der Waals surface area contributed by atoms with Gasteiger partial charge in [-0.05, 0) is 53.8 Å². The van der Waals surface area contributed by atoms with Gasteiger partial charge in [-0.1, -0.05) is 46.2 Å². The molecule has 1 N–H and O–H groups in total. The number of carbonyl (C=O) groups excluding carboxylic acids is 2. The minimum absolute atomic E-state index is 0.0739. The monoisotopic (exact) mass is 383 g/mol. The quantitative estimate of drug-likeness (QED) is 0.517. The van der Waals surface area contributed by atoms with Crippen LogP contribution in [-0.4, -0.2) is 25.1 Å². The fourth-order valence-corrected chi connectivity index (χ4v) is 2.48. The van der Waals surface area contributed by atoms with E-state index in [2.05, 4.69) is 26.1 Å². The van der Waals surface area contributed by atoms with Crippen LogP contribution in [0.5, 0.6) is 5.75 Å². The number of esters is 1. The van der Waals surface area contributed by atoms with Crippen molar-refractivity contribution in [1.29, 1.82) is 0 Å². The van der Waals surface area contributed by atoms with Crippen molar-refractivity contribution >= 4 is 17.6 Å². The summed E-state index contributed by atoms with van der Waals surface area (Å²) in [7, 11) is 0. The van der Waals surface area contributed by atoms with Gasteiger partial charge in [-0.25, -0.2) is 4.79 Å². The first-order chi connectivity index (χ1) is 13.3. The molecule has 5 heteroatoms. The van der Waals surface area contributed by atoms with Crippen LogP contribution < -0.4 is 10.1 Å². The van der Waals surface area contributed by atoms with Crippen LogP contribution in [0.1, 0.15) is 56.5 Å². The van der Waals surface area contributed by atoms with E-state index >= 15 is 0 Å². The van der Waals surface area contributed by atoms with Crippen molar-refractivity contribution < 1.29 is 19.1 Å². The molecule has 0 unspecified atom stereocenters. The van der Waals surface area contributed by atoms with Gasteiger partial charge in [0.05, 0.1) is 12.2 Å². The van der Waals surface area contributed by atoms with Gasteiger partial charge in [0.2, 0.25) is 0 Å². The molecule has 0 saturated heterocycles. The molecule has 2 aromatic rings. The Morgan fingerprint density at radius 2 is 1.61 bits per heavy atom. The zero-order valence-corrected chi connectivity index (χ0v) is 17.1. The number of benzene rings is 2. The zero-order chi connectivity index (χ0) is 20.6. The lowest BCUT2D eigenvalue weighted by atomic mass is 9.87. The van der Waals surface area contributed by atoms with Crippen molar-refractivity contribution in [2.75, 3.05) is 18.5 Å². The number of nitrogens with one attached hydrogen (secondary N) is 1. The molecule has 28 heavy (non-hydrogen) atoms. The number of ether oxygens (including phenoxy) is 2. The minimum atomic E-state index is -0.353. The molecule has 0 spiro atoms. The summed E-state index contributed by atoms with van der Waals surface area (Å²) in [5.41, 5.74) is 2.34. The van der Waals surface area contributed by atoms with Gasteiger partial charge in [0.25, 0.3) is 5.91 Å². The van der Waals surface area contributed by atoms with Gasteiger partial charge in [0.15, 0.2) is 6.61 Å². The Bertz CT molecular complexity index is 774. The topological polar surface area (TPSA) is 64.6 Å². The molecule has 0 aliphatic heterocycles. The predicted octanol–water partition coefficient (Wildman–Crippen LogP) is 4.96. The maximum Gasteiger partial charge on any atom is 0.338 e. The maximum absolute atomic E-state index is 12.1. The lowest BCUT2D eigenvalue weighted by Gasteiger charge is -2.19. The molecular weight excluding hydrogens is 354 g/mol. The van der Waals surface area contributed by atoms with Gasteiger partial charge in [0, 0.05) is 5.69 Å². The van der Waals surface area contributed by atoms with Crippen LogP contribution in [0.4, 0.5) is 5.69 Å². The van der Waals surface area contributed by atoms with Crippen LogP contribution in [0.2, 0.25) is 0 Å². The normalized spacial score (nSPS) is 11.0. The Hall–Kier alpha value is -2.82. The maximum atomic E-state index is 12.1. The van der Waals surface area contributed by atoms with E-state index in [0.717, 1.165) is 12.8 Å². The molecule has 0 aliphatic carbocycles. The molecule has 0 fully saturated rings. The van der Waals surface area contributed by atoms with Crippen LogP contribution in [0.15, 0.2) is 48.5 Å². The van der Waals surface area contributed by atoms with Crippen LogP contribution in [0.25, 0.3) is 0 Å². The lowest BCUT2D eigenvalue weighted by molar-refractivity contribution is -0.118. The second kappa shape index (κ2) is 9.93. The smallest absolute Gasteiger partial charge is 0.338 e. The summed E-state index contributed by atoms with van der Waals surface area (Å²) < 4.78 is 10.7. The van der Waals surface area contributed by atoms with E-state index in [-0.39, 0.29) is 23.9 Å². The predicted molar refractivity (Wildman–Crippen MR) is 111 cm³/mol. The van der Waals surface area contributed by atoms with Crippen molar-refractivity contribution in [2.45, 2.75) is 46.0 Å². The van der Waals surface area contributed by atoms with E-state index < -0.39 is 0 Å². The third-order valence-electron chi connectivity index (χ3n) is 4.23. The summed E-state index contributed by atoms with van der Waals surface area (Å²) >= 11 is 0. The van der Waals surface area contributed by atoms with Crippen molar-refractivity contribution in [3.8, 4) is 5.75 Å². The Labute approximate surface area is 167 Å². The van der Waals surface area contributed by atoms with E-state index in [9.17, 15) is 9.59 Å². The highest BCUT2D eigenvalue weighted by atomic mass is 16.5. The molecule has 0 bridgehead atoms. The van der Waals surface area contributed by atoms with Crippen molar-refractivity contribution in [2.24, 2.45) is 0 Å². The van der Waals surface area contributed by atoms with Crippen molar-refractivity contribution in [1.82, 2.24) is 0 Å². The summed E-state index contributed by atoms with van der Waals surface area (Å²) in [6.45, 7) is 8.80. The van der Waals surface area contributed by atoms with E-state index in [1.54, 1.807) is 24.3 Å². The van der Waals surface area contributed by atoms with Crippen LogP contribution in [-0.2, 0) is 14.9 Å². The molecule has 0 atom stereocenters. The Balaban J connectivity index is 1.82. The molecule has 2 rings (SSSR count). The van der Waals surface area contributed by atoms with E-state index in [1.807, 2.05) is 31.2 Å². The fraction of sp³-hybridized carbons (Fsp3) is 0.391. The first-order valence-corrected chi connectivity index (χ1v) is 9.60. The molecule has 2 aromatic carbocycles. The SMILES string of the molecule is CCCCOC(=O)c1ccc(NC(=O)COc2ccc(C(C)(C)C)cc2)cc1.